The monoisotopic (exact) mass is 383 g/mol. The molecule has 2 rings (SSSR count). The summed E-state index contributed by atoms with van der Waals surface area (Å²) < 4.78 is 5.03. The molecule has 0 aliphatic rings. The standard InChI is InChI=1S/C15H18ClN5OS2/c1-10(9-22-2)18-14(23)21-17-8-12-13(16)20-15(24-12)19-11-6-4-3-5-7-11/h3-8,10H,9H2,1-2H3,(H,19,20)(H2,18,21,23)/b17-8+/t10-/m1/s1. The molecule has 0 bridgehead atoms. The number of ether oxygens (including phenoxy) is 1. The second-order valence-corrected chi connectivity index (χ2v) is 6.66. The topological polar surface area (TPSA) is 70.6 Å². The maximum absolute atomic E-state index is 6.13. The summed E-state index contributed by atoms with van der Waals surface area (Å²) in [6, 6.07) is 9.85. The van der Waals surface area contributed by atoms with Gasteiger partial charge in [-0.3, -0.25) is 5.43 Å². The van der Waals surface area contributed by atoms with Gasteiger partial charge in [0.1, 0.15) is 0 Å². The lowest BCUT2D eigenvalue weighted by atomic mass is 10.3. The molecule has 2 aromatic rings. The average Bonchev–Trinajstić information content (AvgIpc) is 2.88. The van der Waals surface area contributed by atoms with Crippen molar-refractivity contribution in [3.8, 4) is 0 Å². The minimum atomic E-state index is 0.0962. The van der Waals surface area contributed by atoms with Crippen LogP contribution in [-0.4, -0.2) is 36.1 Å². The van der Waals surface area contributed by atoms with Crippen LogP contribution in [0.4, 0.5) is 10.8 Å². The number of thiazole rings is 1. The first-order valence-corrected chi connectivity index (χ1v) is 8.75. The molecule has 9 heteroatoms. The van der Waals surface area contributed by atoms with E-state index < -0.39 is 0 Å². The molecule has 0 fully saturated rings. The van der Waals surface area contributed by atoms with Crippen molar-refractivity contribution in [1.82, 2.24) is 15.7 Å². The van der Waals surface area contributed by atoms with E-state index in [1.54, 1.807) is 13.3 Å². The van der Waals surface area contributed by atoms with Crippen LogP contribution in [0.3, 0.4) is 0 Å². The van der Waals surface area contributed by atoms with E-state index in [9.17, 15) is 0 Å². The highest BCUT2D eigenvalue weighted by Gasteiger charge is 2.08. The van der Waals surface area contributed by atoms with E-state index in [2.05, 4.69) is 26.1 Å². The van der Waals surface area contributed by atoms with Gasteiger partial charge in [0, 0.05) is 18.8 Å². The van der Waals surface area contributed by atoms with Crippen molar-refractivity contribution in [3.05, 3.63) is 40.4 Å². The maximum atomic E-state index is 6.13. The first-order chi connectivity index (χ1) is 11.6. The van der Waals surface area contributed by atoms with E-state index >= 15 is 0 Å². The molecule has 1 atom stereocenters. The van der Waals surface area contributed by atoms with Crippen molar-refractivity contribution in [2.45, 2.75) is 13.0 Å². The molecule has 0 saturated carbocycles. The summed E-state index contributed by atoms with van der Waals surface area (Å²) >= 11 is 12.7. The van der Waals surface area contributed by atoms with Crippen molar-refractivity contribution in [3.63, 3.8) is 0 Å². The number of aromatic nitrogens is 1. The Morgan fingerprint density at radius 3 is 2.92 bits per heavy atom. The van der Waals surface area contributed by atoms with Crippen LogP contribution in [0.5, 0.6) is 0 Å². The fourth-order valence-electron chi connectivity index (χ4n) is 1.79. The van der Waals surface area contributed by atoms with Crippen LogP contribution in [0.15, 0.2) is 35.4 Å². The lowest BCUT2D eigenvalue weighted by molar-refractivity contribution is 0.179. The van der Waals surface area contributed by atoms with Gasteiger partial charge in [0.2, 0.25) is 0 Å². The van der Waals surface area contributed by atoms with Gasteiger partial charge in [0.05, 0.1) is 17.7 Å². The Labute approximate surface area is 155 Å². The molecule has 0 spiro atoms. The zero-order chi connectivity index (χ0) is 17.4. The van der Waals surface area contributed by atoms with Gasteiger partial charge in [-0.05, 0) is 31.3 Å². The average molecular weight is 384 g/mol. The second-order valence-electron chi connectivity index (χ2n) is 4.86. The summed E-state index contributed by atoms with van der Waals surface area (Å²) in [6.45, 7) is 2.52. The predicted molar refractivity (Wildman–Crippen MR) is 105 cm³/mol. The molecule has 1 aromatic heterocycles. The number of hydrogen-bond acceptors (Lipinski definition) is 6. The number of methoxy groups -OCH3 is 1. The first kappa shape index (κ1) is 18.6. The summed E-state index contributed by atoms with van der Waals surface area (Å²) in [4.78, 5) is 5.00. The number of nitrogens with zero attached hydrogens (tertiary/aromatic N) is 2. The smallest absolute Gasteiger partial charge is 0.189 e. The van der Waals surface area contributed by atoms with E-state index in [0.29, 0.717) is 22.0 Å². The fourth-order valence-corrected chi connectivity index (χ4v) is 3.09. The largest absolute Gasteiger partial charge is 0.383 e. The van der Waals surface area contributed by atoms with E-state index in [4.69, 9.17) is 28.6 Å². The first-order valence-electron chi connectivity index (χ1n) is 7.15. The number of rotatable bonds is 7. The SMILES string of the molecule is COC[C@@H](C)NC(=S)N/N=C/c1sc(Nc2ccccc2)nc1Cl. The molecule has 128 valence electrons. The van der Waals surface area contributed by atoms with Gasteiger partial charge < -0.3 is 15.4 Å². The fraction of sp³-hybridized carbons (Fsp3) is 0.267. The van der Waals surface area contributed by atoms with Crippen LogP contribution in [-0.2, 0) is 4.74 Å². The Balaban J connectivity index is 1.89. The molecular formula is C15H18ClN5OS2. The Hall–Kier alpha value is -1.74. The van der Waals surface area contributed by atoms with Crippen LogP contribution >= 0.6 is 35.2 Å². The van der Waals surface area contributed by atoms with Crippen LogP contribution < -0.4 is 16.1 Å². The highest BCUT2D eigenvalue weighted by molar-refractivity contribution is 7.80. The third-order valence-electron chi connectivity index (χ3n) is 2.78. The molecule has 6 nitrogen and oxygen atoms in total. The molecule has 0 aliphatic carbocycles. The molecular weight excluding hydrogens is 366 g/mol. The molecule has 0 amide bonds. The van der Waals surface area contributed by atoms with E-state index in [0.717, 1.165) is 10.6 Å². The number of halogens is 1. The number of hydrazone groups is 1. The zero-order valence-electron chi connectivity index (χ0n) is 13.2. The number of benzene rings is 1. The summed E-state index contributed by atoms with van der Waals surface area (Å²) in [5, 5.41) is 11.8. The second kappa shape index (κ2) is 9.53. The van der Waals surface area contributed by atoms with E-state index in [-0.39, 0.29) is 6.04 Å². The number of anilines is 2. The summed E-state index contributed by atoms with van der Waals surface area (Å²) in [5.74, 6) is 0. The summed E-state index contributed by atoms with van der Waals surface area (Å²) in [6.07, 6.45) is 1.59. The normalized spacial score (nSPS) is 12.1. The van der Waals surface area contributed by atoms with Gasteiger partial charge in [-0.2, -0.15) is 5.10 Å². The van der Waals surface area contributed by atoms with Crippen molar-refractivity contribution < 1.29 is 4.74 Å². The maximum Gasteiger partial charge on any atom is 0.189 e. The number of hydrogen-bond donors (Lipinski definition) is 3. The third-order valence-corrected chi connectivity index (χ3v) is 4.29. The lowest BCUT2D eigenvalue weighted by Crippen LogP contribution is -2.40. The van der Waals surface area contributed by atoms with E-state index in [1.165, 1.54) is 11.3 Å². The van der Waals surface area contributed by atoms with Crippen molar-refractivity contribution >= 4 is 57.3 Å². The molecule has 24 heavy (non-hydrogen) atoms. The predicted octanol–water partition coefficient (Wildman–Crippen LogP) is 3.37. The summed E-state index contributed by atoms with van der Waals surface area (Å²) in [7, 11) is 1.64. The van der Waals surface area contributed by atoms with Crippen LogP contribution in [0.1, 0.15) is 11.8 Å². The Morgan fingerprint density at radius 1 is 1.46 bits per heavy atom. The van der Waals surface area contributed by atoms with Crippen molar-refractivity contribution in [1.29, 1.82) is 0 Å². The number of thiocarbonyl (C=S) groups is 1. The molecule has 0 unspecified atom stereocenters. The van der Waals surface area contributed by atoms with Gasteiger partial charge in [-0.15, -0.1) is 0 Å². The Morgan fingerprint density at radius 2 is 2.21 bits per heavy atom. The highest BCUT2D eigenvalue weighted by Crippen LogP contribution is 2.27. The van der Waals surface area contributed by atoms with Gasteiger partial charge >= 0.3 is 0 Å². The Kier molecular flexibility index (Phi) is 7.38. The molecule has 1 heterocycles. The molecule has 0 saturated heterocycles. The number of nitrogens with one attached hydrogen (secondary N) is 3. The molecule has 3 N–H and O–H groups in total. The molecule has 0 radical (unpaired) electrons. The van der Waals surface area contributed by atoms with Gasteiger partial charge in [-0.25, -0.2) is 4.98 Å². The molecule has 1 aromatic carbocycles. The summed E-state index contributed by atoms with van der Waals surface area (Å²) in [5.41, 5.74) is 3.69. The third kappa shape index (κ3) is 6.04. The molecule has 0 aliphatic heterocycles. The zero-order valence-corrected chi connectivity index (χ0v) is 15.6. The van der Waals surface area contributed by atoms with E-state index in [1.807, 2.05) is 37.3 Å². The lowest BCUT2D eigenvalue weighted by Gasteiger charge is -2.13. The minimum absolute atomic E-state index is 0.0962. The van der Waals surface area contributed by atoms with Gasteiger partial charge in [-0.1, -0.05) is 41.1 Å². The van der Waals surface area contributed by atoms with Gasteiger partial charge in [0.25, 0.3) is 0 Å². The van der Waals surface area contributed by atoms with Gasteiger partial charge in [0.15, 0.2) is 15.4 Å². The number of para-hydroxylation sites is 1. The van der Waals surface area contributed by atoms with Crippen LogP contribution in [0.2, 0.25) is 5.15 Å². The van der Waals surface area contributed by atoms with Crippen molar-refractivity contribution in [2.75, 3.05) is 19.0 Å². The van der Waals surface area contributed by atoms with Crippen molar-refractivity contribution in [2.24, 2.45) is 5.10 Å². The Bertz CT molecular complexity index is 692. The van der Waals surface area contributed by atoms with Crippen LogP contribution in [0, 0.1) is 0 Å². The quantitative estimate of drug-likeness (QED) is 0.387. The van der Waals surface area contributed by atoms with Crippen LogP contribution in [0.25, 0.3) is 0 Å². The highest BCUT2D eigenvalue weighted by atomic mass is 35.5. The minimum Gasteiger partial charge on any atom is -0.383 e.